The van der Waals surface area contributed by atoms with Crippen LogP contribution in [0, 0.1) is 11.8 Å². The van der Waals surface area contributed by atoms with Crippen LogP contribution < -0.4 is 16.0 Å². The van der Waals surface area contributed by atoms with Crippen LogP contribution in [0.15, 0.2) is 24.3 Å². The lowest BCUT2D eigenvalue weighted by Crippen LogP contribution is -2.55. The number of carbonyl (C=O) groups is 2. The first kappa shape index (κ1) is 14.5. The highest BCUT2D eigenvalue weighted by Crippen LogP contribution is 2.24. The molecule has 1 aliphatic rings. The number of hydrogen-bond acceptors (Lipinski definition) is 3. The van der Waals surface area contributed by atoms with Gasteiger partial charge in [0.1, 0.15) is 0 Å². The van der Waals surface area contributed by atoms with E-state index in [2.05, 4.69) is 19.2 Å². The fourth-order valence-electron chi connectivity index (χ4n) is 2.48. The average molecular weight is 275 g/mol. The first-order valence-electron chi connectivity index (χ1n) is 6.93. The van der Waals surface area contributed by atoms with Crippen molar-refractivity contribution in [2.45, 2.75) is 26.8 Å². The molecule has 0 aliphatic carbocycles. The molecular weight excluding hydrogens is 254 g/mol. The van der Waals surface area contributed by atoms with Gasteiger partial charge in [-0.2, -0.15) is 0 Å². The quantitative estimate of drug-likeness (QED) is 0.880. The molecule has 1 heterocycles. The largest absolute Gasteiger partial charge is 0.337 e. The van der Waals surface area contributed by atoms with Crippen LogP contribution >= 0.6 is 0 Å². The van der Waals surface area contributed by atoms with Crippen LogP contribution in [0.4, 0.5) is 10.5 Å². The molecule has 0 aromatic heterocycles. The van der Waals surface area contributed by atoms with Gasteiger partial charge in [-0.25, -0.2) is 9.69 Å². The molecule has 3 amide bonds. The van der Waals surface area contributed by atoms with Gasteiger partial charge in [-0.1, -0.05) is 26.0 Å². The first-order valence-corrected chi connectivity index (χ1v) is 6.93. The van der Waals surface area contributed by atoms with Crippen molar-refractivity contribution in [3.63, 3.8) is 0 Å². The van der Waals surface area contributed by atoms with Crippen molar-refractivity contribution in [2.75, 3.05) is 11.4 Å². The van der Waals surface area contributed by atoms with E-state index in [9.17, 15) is 9.59 Å². The average Bonchev–Trinajstić information content (AvgIpc) is 2.42. The van der Waals surface area contributed by atoms with Crippen LogP contribution in [0.3, 0.4) is 0 Å². The van der Waals surface area contributed by atoms with Gasteiger partial charge in [0, 0.05) is 13.1 Å². The van der Waals surface area contributed by atoms with E-state index in [1.807, 2.05) is 12.1 Å². The molecular formula is C15H21N3O2. The summed E-state index contributed by atoms with van der Waals surface area (Å²) < 4.78 is 0. The van der Waals surface area contributed by atoms with Crippen molar-refractivity contribution in [3.8, 4) is 0 Å². The van der Waals surface area contributed by atoms with Crippen molar-refractivity contribution in [3.05, 3.63) is 29.8 Å². The fraction of sp³-hybridized carbons (Fsp3) is 0.467. The van der Waals surface area contributed by atoms with Crippen LogP contribution in [0.25, 0.3) is 0 Å². The topological polar surface area (TPSA) is 75.4 Å². The summed E-state index contributed by atoms with van der Waals surface area (Å²) in [5, 5.41) is 2.79. The zero-order chi connectivity index (χ0) is 14.7. The highest BCUT2D eigenvalue weighted by molar-refractivity contribution is 6.16. The number of amides is 3. The fourth-order valence-corrected chi connectivity index (χ4v) is 2.48. The van der Waals surface area contributed by atoms with Crippen LogP contribution in [0.2, 0.25) is 0 Å². The second kappa shape index (κ2) is 6.05. The Labute approximate surface area is 119 Å². The molecule has 108 valence electrons. The van der Waals surface area contributed by atoms with E-state index in [0.717, 1.165) is 12.0 Å². The zero-order valence-corrected chi connectivity index (χ0v) is 11.9. The summed E-state index contributed by atoms with van der Waals surface area (Å²) in [6.45, 7) is 4.95. The standard InChI is InChI=1S/C15H21N3O2/c1-10(2)6-12-9-17-15(20)18(14(12)19)13-5-3-4-11(7-13)8-16/h3-5,7,10,12H,6,8-9,16H2,1-2H3,(H,17,20). The van der Waals surface area contributed by atoms with Crippen LogP contribution in [0.5, 0.6) is 0 Å². The van der Waals surface area contributed by atoms with Crippen molar-refractivity contribution in [1.29, 1.82) is 0 Å². The second-order valence-corrected chi connectivity index (χ2v) is 5.56. The van der Waals surface area contributed by atoms with Gasteiger partial charge in [-0.3, -0.25) is 4.79 Å². The summed E-state index contributed by atoms with van der Waals surface area (Å²) in [5.41, 5.74) is 7.09. The molecule has 1 unspecified atom stereocenters. The number of rotatable bonds is 4. The third kappa shape index (κ3) is 2.99. The number of nitrogens with two attached hydrogens (primary N) is 1. The van der Waals surface area contributed by atoms with Crippen molar-refractivity contribution < 1.29 is 9.59 Å². The number of benzene rings is 1. The lowest BCUT2D eigenvalue weighted by Gasteiger charge is -2.32. The zero-order valence-electron chi connectivity index (χ0n) is 11.9. The normalized spacial score (nSPS) is 19.4. The van der Waals surface area contributed by atoms with E-state index in [1.165, 1.54) is 4.90 Å². The van der Waals surface area contributed by atoms with Gasteiger partial charge in [0.05, 0.1) is 11.6 Å². The highest BCUT2D eigenvalue weighted by Gasteiger charge is 2.35. The molecule has 0 radical (unpaired) electrons. The maximum atomic E-state index is 12.5. The molecule has 1 saturated heterocycles. The number of anilines is 1. The van der Waals surface area contributed by atoms with E-state index < -0.39 is 0 Å². The molecule has 1 atom stereocenters. The van der Waals surface area contributed by atoms with Crippen molar-refractivity contribution in [1.82, 2.24) is 5.32 Å². The molecule has 5 nitrogen and oxygen atoms in total. The Morgan fingerprint density at radius 3 is 2.80 bits per heavy atom. The third-order valence-corrected chi connectivity index (χ3v) is 3.43. The summed E-state index contributed by atoms with van der Waals surface area (Å²) in [5.74, 6) is 0.127. The smallest absolute Gasteiger partial charge is 0.328 e. The Kier molecular flexibility index (Phi) is 4.39. The van der Waals surface area contributed by atoms with Crippen LogP contribution in [-0.4, -0.2) is 18.5 Å². The molecule has 20 heavy (non-hydrogen) atoms. The Balaban J connectivity index is 2.27. The van der Waals surface area contributed by atoms with Crippen molar-refractivity contribution in [2.24, 2.45) is 17.6 Å². The van der Waals surface area contributed by atoms with Gasteiger partial charge in [0.2, 0.25) is 5.91 Å². The van der Waals surface area contributed by atoms with Gasteiger partial charge in [-0.15, -0.1) is 0 Å². The van der Waals surface area contributed by atoms with E-state index >= 15 is 0 Å². The van der Waals surface area contributed by atoms with Gasteiger partial charge >= 0.3 is 6.03 Å². The molecule has 3 N–H and O–H groups in total. The van der Waals surface area contributed by atoms with E-state index in [1.54, 1.807) is 12.1 Å². The Bertz CT molecular complexity index is 514. The molecule has 2 rings (SSSR count). The second-order valence-electron chi connectivity index (χ2n) is 5.56. The number of imide groups is 1. The predicted molar refractivity (Wildman–Crippen MR) is 78.2 cm³/mol. The summed E-state index contributed by atoms with van der Waals surface area (Å²) >= 11 is 0. The Morgan fingerprint density at radius 2 is 2.15 bits per heavy atom. The van der Waals surface area contributed by atoms with Gasteiger partial charge in [0.25, 0.3) is 0 Å². The number of nitrogens with one attached hydrogen (secondary N) is 1. The minimum atomic E-state index is -0.357. The molecule has 1 aromatic rings. The first-order chi connectivity index (χ1) is 9.52. The summed E-state index contributed by atoms with van der Waals surface area (Å²) in [7, 11) is 0. The molecule has 1 aliphatic heterocycles. The molecule has 1 fully saturated rings. The number of urea groups is 1. The molecule has 0 bridgehead atoms. The van der Waals surface area contributed by atoms with Gasteiger partial charge in [0.15, 0.2) is 0 Å². The lowest BCUT2D eigenvalue weighted by molar-refractivity contribution is -0.122. The van der Waals surface area contributed by atoms with Crippen LogP contribution in [-0.2, 0) is 11.3 Å². The number of hydrogen-bond donors (Lipinski definition) is 2. The van der Waals surface area contributed by atoms with Crippen LogP contribution in [0.1, 0.15) is 25.8 Å². The summed E-state index contributed by atoms with van der Waals surface area (Å²) in [6, 6.07) is 6.87. The van der Waals surface area contributed by atoms with Gasteiger partial charge in [-0.05, 0) is 30.0 Å². The van der Waals surface area contributed by atoms with E-state index in [-0.39, 0.29) is 17.9 Å². The lowest BCUT2D eigenvalue weighted by atomic mass is 9.94. The highest BCUT2D eigenvalue weighted by atomic mass is 16.2. The predicted octanol–water partition coefficient (Wildman–Crippen LogP) is 1.86. The van der Waals surface area contributed by atoms with Gasteiger partial charge < -0.3 is 11.1 Å². The summed E-state index contributed by atoms with van der Waals surface area (Å²) in [4.78, 5) is 25.7. The third-order valence-electron chi connectivity index (χ3n) is 3.43. The molecule has 1 aromatic carbocycles. The number of nitrogens with zero attached hydrogens (tertiary/aromatic N) is 1. The minimum Gasteiger partial charge on any atom is -0.337 e. The Morgan fingerprint density at radius 1 is 1.40 bits per heavy atom. The van der Waals surface area contributed by atoms with E-state index in [0.29, 0.717) is 24.7 Å². The Hall–Kier alpha value is -1.88. The SMILES string of the molecule is CC(C)CC1CNC(=O)N(c2cccc(CN)c2)C1=O. The maximum Gasteiger partial charge on any atom is 0.328 e. The van der Waals surface area contributed by atoms with Crippen molar-refractivity contribution >= 4 is 17.6 Å². The molecule has 0 saturated carbocycles. The number of carbonyl (C=O) groups excluding carboxylic acids is 2. The summed E-state index contributed by atoms with van der Waals surface area (Å²) in [6.07, 6.45) is 0.770. The van der Waals surface area contributed by atoms with E-state index in [4.69, 9.17) is 5.73 Å². The maximum absolute atomic E-state index is 12.5. The monoisotopic (exact) mass is 275 g/mol. The minimum absolute atomic E-state index is 0.128. The molecule has 5 heteroatoms. The molecule has 0 spiro atoms.